The van der Waals surface area contributed by atoms with E-state index in [1.54, 1.807) is 30.0 Å². The molecule has 2 rings (SSSR count). The molecule has 0 aliphatic carbocycles. The van der Waals surface area contributed by atoms with Gasteiger partial charge in [0, 0.05) is 22.6 Å². The first kappa shape index (κ1) is 23.2. The van der Waals surface area contributed by atoms with Gasteiger partial charge in [-0.25, -0.2) is 0 Å². The molecule has 0 bridgehead atoms. The predicted octanol–water partition coefficient (Wildman–Crippen LogP) is 4.91. The van der Waals surface area contributed by atoms with E-state index in [0.717, 1.165) is 12.0 Å². The second-order valence-electron chi connectivity index (χ2n) is 7.23. The standard InChI is InChI=1S/C23H28Cl2N2O2/c1-4-16(2)26-23(29)17(3)27(13-12-18-8-6-5-7-9-18)22(28)14-19-10-11-20(24)15-21(19)25/h5-11,15-17H,4,12-14H2,1-3H3,(H,26,29). The highest BCUT2D eigenvalue weighted by atomic mass is 35.5. The number of hydrogen-bond donors (Lipinski definition) is 1. The molecule has 2 aromatic rings. The zero-order chi connectivity index (χ0) is 21.4. The van der Waals surface area contributed by atoms with Crippen molar-refractivity contribution in [3.05, 3.63) is 69.7 Å². The Morgan fingerprint density at radius 1 is 1.07 bits per heavy atom. The van der Waals surface area contributed by atoms with Gasteiger partial charge in [-0.05, 0) is 49.9 Å². The number of amides is 2. The summed E-state index contributed by atoms with van der Waals surface area (Å²) in [7, 11) is 0. The molecule has 1 N–H and O–H groups in total. The number of carbonyl (C=O) groups is 2. The highest BCUT2D eigenvalue weighted by Gasteiger charge is 2.26. The summed E-state index contributed by atoms with van der Waals surface area (Å²) in [6, 6.07) is 14.5. The summed E-state index contributed by atoms with van der Waals surface area (Å²) in [6.45, 7) is 6.18. The van der Waals surface area contributed by atoms with Crippen molar-refractivity contribution in [1.29, 1.82) is 0 Å². The van der Waals surface area contributed by atoms with Crippen molar-refractivity contribution >= 4 is 35.0 Å². The van der Waals surface area contributed by atoms with Crippen LogP contribution in [0.15, 0.2) is 48.5 Å². The lowest BCUT2D eigenvalue weighted by Crippen LogP contribution is -2.50. The van der Waals surface area contributed by atoms with Gasteiger partial charge in [0.1, 0.15) is 6.04 Å². The summed E-state index contributed by atoms with van der Waals surface area (Å²) in [5, 5.41) is 3.94. The number of benzene rings is 2. The third-order valence-electron chi connectivity index (χ3n) is 5.01. The molecular formula is C23H28Cl2N2O2. The molecule has 0 aliphatic rings. The maximum Gasteiger partial charge on any atom is 0.242 e. The van der Waals surface area contributed by atoms with Crippen molar-refractivity contribution in [2.45, 2.75) is 52.1 Å². The Kier molecular flexibility index (Phi) is 8.99. The fraction of sp³-hybridized carbons (Fsp3) is 0.391. The molecule has 6 heteroatoms. The largest absolute Gasteiger partial charge is 0.352 e. The Morgan fingerprint density at radius 3 is 2.38 bits per heavy atom. The van der Waals surface area contributed by atoms with Crippen molar-refractivity contribution in [1.82, 2.24) is 10.2 Å². The third kappa shape index (κ3) is 7.06. The lowest BCUT2D eigenvalue weighted by molar-refractivity contribution is -0.139. The molecule has 0 aliphatic heterocycles. The zero-order valence-electron chi connectivity index (χ0n) is 17.1. The number of nitrogens with zero attached hydrogens (tertiary/aromatic N) is 1. The van der Waals surface area contributed by atoms with Crippen LogP contribution >= 0.6 is 23.2 Å². The SMILES string of the molecule is CCC(C)NC(=O)C(C)N(CCc1ccccc1)C(=O)Cc1ccc(Cl)cc1Cl. The first-order valence-electron chi connectivity index (χ1n) is 9.89. The van der Waals surface area contributed by atoms with E-state index < -0.39 is 6.04 Å². The van der Waals surface area contributed by atoms with Crippen LogP contribution in [0.4, 0.5) is 0 Å². The Bertz CT molecular complexity index is 827. The molecule has 0 fully saturated rings. The summed E-state index contributed by atoms with van der Waals surface area (Å²) in [6.07, 6.45) is 1.62. The van der Waals surface area contributed by atoms with Gasteiger partial charge in [-0.1, -0.05) is 66.5 Å². The van der Waals surface area contributed by atoms with Gasteiger partial charge in [0.05, 0.1) is 6.42 Å². The zero-order valence-corrected chi connectivity index (χ0v) is 18.6. The Morgan fingerprint density at radius 2 is 1.76 bits per heavy atom. The second-order valence-corrected chi connectivity index (χ2v) is 8.07. The molecule has 0 aromatic heterocycles. The molecule has 4 nitrogen and oxygen atoms in total. The molecule has 2 amide bonds. The monoisotopic (exact) mass is 434 g/mol. The smallest absolute Gasteiger partial charge is 0.242 e. The topological polar surface area (TPSA) is 49.4 Å². The van der Waals surface area contributed by atoms with Crippen LogP contribution < -0.4 is 5.32 Å². The summed E-state index contributed by atoms with van der Waals surface area (Å²) >= 11 is 12.2. The Labute approximate surface area is 183 Å². The summed E-state index contributed by atoms with van der Waals surface area (Å²) in [5.74, 6) is -0.292. The van der Waals surface area contributed by atoms with Crippen LogP contribution in [0, 0.1) is 0 Å². The maximum absolute atomic E-state index is 13.1. The minimum Gasteiger partial charge on any atom is -0.352 e. The Hall–Kier alpha value is -2.04. The minimum atomic E-state index is -0.578. The van der Waals surface area contributed by atoms with Gasteiger partial charge in [-0.15, -0.1) is 0 Å². The van der Waals surface area contributed by atoms with E-state index in [-0.39, 0.29) is 24.3 Å². The van der Waals surface area contributed by atoms with E-state index in [1.165, 1.54) is 0 Å². The highest BCUT2D eigenvalue weighted by Crippen LogP contribution is 2.22. The predicted molar refractivity (Wildman–Crippen MR) is 119 cm³/mol. The maximum atomic E-state index is 13.1. The van der Waals surface area contributed by atoms with Crippen molar-refractivity contribution < 1.29 is 9.59 Å². The van der Waals surface area contributed by atoms with Crippen LogP contribution in [0.3, 0.4) is 0 Å². The molecular weight excluding hydrogens is 407 g/mol. The van der Waals surface area contributed by atoms with Crippen molar-refractivity contribution in [2.75, 3.05) is 6.54 Å². The summed E-state index contributed by atoms with van der Waals surface area (Å²) in [5.41, 5.74) is 1.81. The van der Waals surface area contributed by atoms with E-state index in [4.69, 9.17) is 23.2 Å². The average Bonchev–Trinajstić information content (AvgIpc) is 2.70. The molecule has 0 radical (unpaired) electrons. The molecule has 0 heterocycles. The van der Waals surface area contributed by atoms with Gasteiger partial charge < -0.3 is 10.2 Å². The number of halogens is 2. The fourth-order valence-corrected chi connectivity index (χ4v) is 3.44. The molecule has 0 saturated heterocycles. The first-order valence-corrected chi connectivity index (χ1v) is 10.6. The fourth-order valence-electron chi connectivity index (χ4n) is 2.97. The number of nitrogens with one attached hydrogen (secondary N) is 1. The lowest BCUT2D eigenvalue weighted by Gasteiger charge is -2.30. The van der Waals surface area contributed by atoms with E-state index in [2.05, 4.69) is 5.32 Å². The second kappa shape index (κ2) is 11.2. The molecule has 29 heavy (non-hydrogen) atoms. The quantitative estimate of drug-likeness (QED) is 0.609. The van der Waals surface area contributed by atoms with E-state index in [9.17, 15) is 9.59 Å². The first-order chi connectivity index (χ1) is 13.8. The van der Waals surface area contributed by atoms with Gasteiger partial charge in [0.15, 0.2) is 0 Å². The molecule has 2 unspecified atom stereocenters. The minimum absolute atomic E-state index is 0.0572. The van der Waals surface area contributed by atoms with Gasteiger partial charge >= 0.3 is 0 Å². The Balaban J connectivity index is 2.17. The van der Waals surface area contributed by atoms with Gasteiger partial charge in [-0.2, -0.15) is 0 Å². The molecule has 0 spiro atoms. The van der Waals surface area contributed by atoms with Crippen LogP contribution in [0.1, 0.15) is 38.3 Å². The van der Waals surface area contributed by atoms with E-state index in [0.29, 0.717) is 28.6 Å². The van der Waals surface area contributed by atoms with Crippen LogP contribution in [0.25, 0.3) is 0 Å². The summed E-state index contributed by atoms with van der Waals surface area (Å²) in [4.78, 5) is 27.4. The van der Waals surface area contributed by atoms with Crippen LogP contribution in [-0.2, 0) is 22.4 Å². The van der Waals surface area contributed by atoms with Gasteiger partial charge in [-0.3, -0.25) is 9.59 Å². The molecule has 2 aromatic carbocycles. The van der Waals surface area contributed by atoms with Crippen LogP contribution in [0.5, 0.6) is 0 Å². The average molecular weight is 435 g/mol. The van der Waals surface area contributed by atoms with E-state index in [1.807, 2.05) is 44.2 Å². The molecule has 2 atom stereocenters. The van der Waals surface area contributed by atoms with Crippen LogP contribution in [-0.4, -0.2) is 35.3 Å². The van der Waals surface area contributed by atoms with Crippen molar-refractivity contribution in [3.8, 4) is 0 Å². The normalized spacial score (nSPS) is 12.9. The number of hydrogen-bond acceptors (Lipinski definition) is 2. The van der Waals surface area contributed by atoms with Crippen LogP contribution in [0.2, 0.25) is 10.0 Å². The van der Waals surface area contributed by atoms with Gasteiger partial charge in [0.25, 0.3) is 0 Å². The van der Waals surface area contributed by atoms with E-state index >= 15 is 0 Å². The van der Waals surface area contributed by atoms with Crippen molar-refractivity contribution in [3.63, 3.8) is 0 Å². The number of carbonyl (C=O) groups excluding carboxylic acids is 2. The summed E-state index contributed by atoms with van der Waals surface area (Å²) < 4.78 is 0. The molecule has 0 saturated carbocycles. The molecule has 156 valence electrons. The highest BCUT2D eigenvalue weighted by molar-refractivity contribution is 6.35. The third-order valence-corrected chi connectivity index (χ3v) is 5.60. The lowest BCUT2D eigenvalue weighted by atomic mass is 10.1. The van der Waals surface area contributed by atoms with Gasteiger partial charge in [0.2, 0.25) is 11.8 Å². The van der Waals surface area contributed by atoms with Crippen molar-refractivity contribution in [2.24, 2.45) is 0 Å². The number of rotatable bonds is 9.